The van der Waals surface area contributed by atoms with Crippen molar-refractivity contribution in [2.45, 2.75) is 32.5 Å². The first-order chi connectivity index (χ1) is 14.0. The fourth-order valence-corrected chi connectivity index (χ4v) is 3.75. The van der Waals surface area contributed by atoms with Gasteiger partial charge in [0, 0.05) is 31.6 Å². The maximum absolute atomic E-state index is 12.9. The first-order valence-electron chi connectivity index (χ1n) is 9.89. The topological polar surface area (TPSA) is 80.8 Å². The summed E-state index contributed by atoms with van der Waals surface area (Å²) in [4.78, 5) is 31.6. The van der Waals surface area contributed by atoms with E-state index in [1.54, 1.807) is 23.1 Å². The van der Waals surface area contributed by atoms with Crippen LogP contribution in [-0.2, 0) is 9.47 Å². The van der Waals surface area contributed by atoms with Gasteiger partial charge in [0.2, 0.25) is 0 Å². The summed E-state index contributed by atoms with van der Waals surface area (Å²) in [6, 6.07) is 10.7. The van der Waals surface area contributed by atoms with Crippen LogP contribution in [0.25, 0.3) is 0 Å². The van der Waals surface area contributed by atoms with Gasteiger partial charge >= 0.3 is 0 Å². The molecule has 1 aromatic carbocycles. The molecule has 7 heteroatoms. The number of rotatable bonds is 3. The molecule has 1 spiro atoms. The number of nitrogens with one attached hydrogen (secondary N) is 1. The minimum atomic E-state index is -0.530. The number of hydrogen-bond acceptors (Lipinski definition) is 5. The van der Waals surface area contributed by atoms with E-state index < -0.39 is 5.79 Å². The van der Waals surface area contributed by atoms with Crippen LogP contribution in [0.4, 0.5) is 5.69 Å². The van der Waals surface area contributed by atoms with Gasteiger partial charge < -0.3 is 19.7 Å². The number of piperidine rings is 1. The first-order valence-corrected chi connectivity index (χ1v) is 9.89. The predicted octanol–water partition coefficient (Wildman–Crippen LogP) is 2.93. The van der Waals surface area contributed by atoms with Crippen molar-refractivity contribution in [1.29, 1.82) is 0 Å². The molecule has 2 saturated heterocycles. The van der Waals surface area contributed by atoms with Gasteiger partial charge in [-0.05, 0) is 43.2 Å². The molecule has 2 amide bonds. The molecule has 0 unspecified atom stereocenters. The Morgan fingerprint density at radius 1 is 1.00 bits per heavy atom. The predicted molar refractivity (Wildman–Crippen MR) is 108 cm³/mol. The molecule has 0 radical (unpaired) electrons. The summed E-state index contributed by atoms with van der Waals surface area (Å²) in [6.07, 6.45) is 1.29. The summed E-state index contributed by atoms with van der Waals surface area (Å²) in [5.74, 6) is -1.05. The van der Waals surface area contributed by atoms with E-state index in [4.69, 9.17) is 9.47 Å². The van der Waals surface area contributed by atoms with Gasteiger partial charge in [-0.25, -0.2) is 4.98 Å². The molecular formula is C22H25N3O4. The lowest BCUT2D eigenvalue weighted by atomic mass is 10.0. The Bertz CT molecular complexity index is 927. The summed E-state index contributed by atoms with van der Waals surface area (Å²) < 4.78 is 11.4. The third-order valence-corrected chi connectivity index (χ3v) is 5.68. The lowest BCUT2D eigenvalue weighted by Gasteiger charge is -2.37. The molecule has 1 aromatic heterocycles. The summed E-state index contributed by atoms with van der Waals surface area (Å²) in [5.41, 5.74) is 3.33. The average Bonchev–Trinajstić information content (AvgIpc) is 3.19. The van der Waals surface area contributed by atoms with Crippen molar-refractivity contribution in [3.8, 4) is 0 Å². The van der Waals surface area contributed by atoms with Gasteiger partial charge in [-0.15, -0.1) is 0 Å². The fraction of sp³-hybridized carbons (Fsp3) is 0.409. The molecule has 2 fully saturated rings. The Kier molecular flexibility index (Phi) is 5.34. The van der Waals surface area contributed by atoms with Crippen LogP contribution in [0.1, 0.15) is 44.9 Å². The molecule has 3 heterocycles. The van der Waals surface area contributed by atoms with Gasteiger partial charge in [0.1, 0.15) is 11.4 Å². The minimum Gasteiger partial charge on any atom is -0.347 e. The minimum absolute atomic E-state index is 0.181. The van der Waals surface area contributed by atoms with Gasteiger partial charge in [-0.2, -0.15) is 0 Å². The molecule has 2 aromatic rings. The zero-order valence-electron chi connectivity index (χ0n) is 16.7. The van der Waals surface area contributed by atoms with E-state index in [0.29, 0.717) is 39.1 Å². The Morgan fingerprint density at radius 3 is 2.38 bits per heavy atom. The highest BCUT2D eigenvalue weighted by Crippen LogP contribution is 2.31. The van der Waals surface area contributed by atoms with Gasteiger partial charge in [0.15, 0.2) is 5.79 Å². The number of hydrogen-bond donors (Lipinski definition) is 1. The number of amides is 2. The second-order valence-electron chi connectivity index (χ2n) is 7.51. The van der Waals surface area contributed by atoms with Crippen LogP contribution < -0.4 is 5.32 Å². The second-order valence-corrected chi connectivity index (χ2v) is 7.51. The van der Waals surface area contributed by atoms with Crippen molar-refractivity contribution in [3.63, 3.8) is 0 Å². The number of benzene rings is 1. The Morgan fingerprint density at radius 2 is 1.66 bits per heavy atom. The number of pyridine rings is 1. The molecule has 2 aliphatic heterocycles. The van der Waals surface area contributed by atoms with Crippen molar-refractivity contribution < 1.29 is 19.1 Å². The quantitative estimate of drug-likeness (QED) is 0.864. The summed E-state index contributed by atoms with van der Waals surface area (Å²) in [6.45, 7) is 6.24. The summed E-state index contributed by atoms with van der Waals surface area (Å²) in [5, 5.41) is 2.89. The average molecular weight is 395 g/mol. The van der Waals surface area contributed by atoms with Gasteiger partial charge in [0.05, 0.1) is 13.2 Å². The maximum Gasteiger partial charge on any atom is 0.274 e. The van der Waals surface area contributed by atoms with Crippen LogP contribution >= 0.6 is 0 Å². The van der Waals surface area contributed by atoms with E-state index in [1.807, 2.05) is 32.0 Å². The van der Waals surface area contributed by atoms with E-state index in [1.165, 1.54) is 0 Å². The number of nitrogens with zero attached hydrogens (tertiary/aromatic N) is 2. The standard InChI is InChI=1S/C22H25N3O4/c1-15-5-3-6-17(16(15)2)24-20(26)18-7-4-8-19(23-18)21(27)25-11-9-22(10-12-25)28-13-14-29-22/h3-8H,9-14H2,1-2H3,(H,24,26). The van der Waals surface area contributed by atoms with Crippen molar-refractivity contribution in [1.82, 2.24) is 9.88 Å². The summed E-state index contributed by atoms with van der Waals surface area (Å²) in [7, 11) is 0. The van der Waals surface area contributed by atoms with E-state index in [2.05, 4.69) is 10.3 Å². The number of carbonyl (C=O) groups is 2. The molecule has 1 N–H and O–H groups in total. The highest BCUT2D eigenvalue weighted by molar-refractivity contribution is 6.04. The zero-order chi connectivity index (χ0) is 20.4. The smallest absolute Gasteiger partial charge is 0.274 e. The highest BCUT2D eigenvalue weighted by Gasteiger charge is 2.41. The summed E-state index contributed by atoms with van der Waals surface area (Å²) >= 11 is 0. The van der Waals surface area contributed by atoms with Crippen LogP contribution in [0.2, 0.25) is 0 Å². The SMILES string of the molecule is Cc1cccc(NC(=O)c2cccc(C(=O)N3CCC4(CC3)OCCO4)n2)c1C. The maximum atomic E-state index is 12.9. The highest BCUT2D eigenvalue weighted by atomic mass is 16.7. The number of carbonyl (C=O) groups excluding carboxylic acids is 2. The van der Waals surface area contributed by atoms with E-state index in [0.717, 1.165) is 16.8 Å². The monoisotopic (exact) mass is 395 g/mol. The Labute approximate surface area is 170 Å². The fourth-order valence-electron chi connectivity index (χ4n) is 3.75. The molecular weight excluding hydrogens is 370 g/mol. The molecule has 0 saturated carbocycles. The number of likely N-dealkylation sites (tertiary alicyclic amines) is 1. The van der Waals surface area contributed by atoms with Crippen molar-refractivity contribution in [2.75, 3.05) is 31.6 Å². The largest absolute Gasteiger partial charge is 0.347 e. The van der Waals surface area contributed by atoms with Crippen LogP contribution in [0.3, 0.4) is 0 Å². The van der Waals surface area contributed by atoms with Gasteiger partial charge in [0.25, 0.3) is 11.8 Å². The Balaban J connectivity index is 1.45. The molecule has 0 atom stereocenters. The lowest BCUT2D eigenvalue weighted by molar-refractivity contribution is -0.181. The van der Waals surface area contributed by atoms with Gasteiger partial charge in [-0.3, -0.25) is 9.59 Å². The van der Waals surface area contributed by atoms with Crippen LogP contribution in [0.5, 0.6) is 0 Å². The number of anilines is 1. The van der Waals surface area contributed by atoms with Gasteiger partial charge in [-0.1, -0.05) is 18.2 Å². The number of ether oxygens (including phenoxy) is 2. The number of aromatic nitrogens is 1. The second kappa shape index (κ2) is 7.93. The van der Waals surface area contributed by atoms with E-state index in [9.17, 15) is 9.59 Å². The molecule has 2 aliphatic rings. The lowest BCUT2D eigenvalue weighted by Crippen LogP contribution is -2.47. The molecule has 7 nitrogen and oxygen atoms in total. The van der Waals surface area contributed by atoms with E-state index in [-0.39, 0.29) is 23.2 Å². The van der Waals surface area contributed by atoms with Crippen molar-refractivity contribution in [3.05, 3.63) is 58.9 Å². The molecule has 152 valence electrons. The number of aryl methyl sites for hydroxylation is 1. The molecule has 29 heavy (non-hydrogen) atoms. The zero-order valence-corrected chi connectivity index (χ0v) is 16.7. The van der Waals surface area contributed by atoms with Crippen LogP contribution in [0.15, 0.2) is 36.4 Å². The first kappa shape index (κ1) is 19.5. The third kappa shape index (κ3) is 4.02. The molecule has 0 aliphatic carbocycles. The Hall–Kier alpha value is -2.77. The van der Waals surface area contributed by atoms with Crippen LogP contribution in [-0.4, -0.2) is 53.8 Å². The molecule has 0 bridgehead atoms. The van der Waals surface area contributed by atoms with Crippen molar-refractivity contribution >= 4 is 17.5 Å². The normalized spacial score (nSPS) is 18.1. The van der Waals surface area contributed by atoms with Crippen molar-refractivity contribution in [2.24, 2.45) is 0 Å². The molecule has 4 rings (SSSR count). The van der Waals surface area contributed by atoms with E-state index >= 15 is 0 Å². The third-order valence-electron chi connectivity index (χ3n) is 5.68. The van der Waals surface area contributed by atoms with Crippen LogP contribution in [0, 0.1) is 13.8 Å².